The maximum Gasteiger partial charge on any atom is 0.382 e. The topological polar surface area (TPSA) is 37.3 Å². The van der Waals surface area contributed by atoms with Gasteiger partial charge in [0.2, 0.25) is 0 Å². The van der Waals surface area contributed by atoms with Crippen LogP contribution in [0.4, 0.5) is 0 Å². The minimum Gasteiger partial charge on any atom is -0.472 e. The van der Waals surface area contributed by atoms with Gasteiger partial charge in [0.15, 0.2) is 0 Å². The summed E-state index contributed by atoms with van der Waals surface area (Å²) < 4.78 is 0. The molecule has 0 fully saturated rings. The average molecular weight is 138 g/mol. The Bertz CT molecular complexity index is 203. The number of rotatable bonds is 1. The third-order valence-electron chi connectivity index (χ3n) is 1.06. The van der Waals surface area contributed by atoms with E-state index in [0.29, 0.717) is 0 Å². The smallest absolute Gasteiger partial charge is 0.382 e. The van der Waals surface area contributed by atoms with E-state index in [9.17, 15) is 4.79 Å². The van der Waals surface area contributed by atoms with Crippen molar-refractivity contribution in [1.29, 1.82) is 0 Å². The van der Waals surface area contributed by atoms with Crippen molar-refractivity contribution >= 4 is 5.97 Å². The largest absolute Gasteiger partial charge is 0.472 e. The zero-order chi connectivity index (χ0) is 7.98. The van der Waals surface area contributed by atoms with Gasteiger partial charge in [0.25, 0.3) is 0 Å². The third-order valence-corrected chi connectivity index (χ3v) is 1.06. The number of hydrogen-bond acceptors (Lipinski definition) is 1. The predicted molar refractivity (Wildman–Crippen MR) is 39.5 cm³/mol. The lowest BCUT2D eigenvalue weighted by Crippen LogP contribution is -1.87. The van der Waals surface area contributed by atoms with Crippen LogP contribution in [0.3, 0.4) is 0 Å². The van der Waals surface area contributed by atoms with E-state index in [4.69, 9.17) is 5.11 Å². The summed E-state index contributed by atoms with van der Waals surface area (Å²) in [6.07, 6.45) is 2.60. The van der Waals surface area contributed by atoms with Crippen molar-refractivity contribution in [3.63, 3.8) is 0 Å². The number of carboxylic acid groups (broad SMARTS) is 1. The molecule has 0 saturated heterocycles. The summed E-state index contributed by atoms with van der Waals surface area (Å²) in [5, 5.41) is 8.15. The van der Waals surface area contributed by atoms with Gasteiger partial charge in [-0.1, -0.05) is 18.9 Å². The molecule has 0 saturated carbocycles. The molecule has 0 radical (unpaired) electrons. The van der Waals surface area contributed by atoms with E-state index in [0.717, 1.165) is 12.0 Å². The van der Waals surface area contributed by atoms with Gasteiger partial charge in [0.05, 0.1) is 0 Å². The molecule has 2 heteroatoms. The number of allylic oxidation sites excluding steroid dienone is 2. The highest BCUT2D eigenvalue weighted by Crippen LogP contribution is 1.95. The zero-order valence-electron chi connectivity index (χ0n) is 6.14. The molecule has 0 atom stereocenters. The van der Waals surface area contributed by atoms with E-state index in [-0.39, 0.29) is 0 Å². The monoisotopic (exact) mass is 138 g/mol. The van der Waals surface area contributed by atoms with Crippen molar-refractivity contribution in [2.75, 3.05) is 0 Å². The SMILES string of the molecule is CC=C(C#CC(=O)O)CC. The van der Waals surface area contributed by atoms with E-state index in [1.54, 1.807) is 0 Å². The van der Waals surface area contributed by atoms with Crippen LogP contribution in [0.2, 0.25) is 0 Å². The number of carbonyl (C=O) groups is 1. The van der Waals surface area contributed by atoms with Crippen LogP contribution in [-0.2, 0) is 4.79 Å². The van der Waals surface area contributed by atoms with Crippen LogP contribution in [0.25, 0.3) is 0 Å². The van der Waals surface area contributed by atoms with E-state index in [1.165, 1.54) is 0 Å². The maximum atomic E-state index is 9.93. The Kier molecular flexibility index (Phi) is 4.06. The van der Waals surface area contributed by atoms with Crippen molar-refractivity contribution in [3.05, 3.63) is 11.6 Å². The Morgan fingerprint density at radius 2 is 2.20 bits per heavy atom. The second kappa shape index (κ2) is 4.63. The highest BCUT2D eigenvalue weighted by Gasteiger charge is 1.86. The average Bonchev–Trinajstić information content (AvgIpc) is 1.90. The van der Waals surface area contributed by atoms with Crippen molar-refractivity contribution < 1.29 is 9.90 Å². The summed E-state index contributed by atoms with van der Waals surface area (Å²) in [7, 11) is 0. The van der Waals surface area contributed by atoms with E-state index < -0.39 is 5.97 Å². The van der Waals surface area contributed by atoms with Gasteiger partial charge in [-0.3, -0.25) is 0 Å². The summed E-state index contributed by atoms with van der Waals surface area (Å²) in [6.45, 7) is 3.78. The van der Waals surface area contributed by atoms with Gasteiger partial charge in [-0.2, -0.15) is 0 Å². The van der Waals surface area contributed by atoms with Crippen LogP contribution in [0.5, 0.6) is 0 Å². The van der Waals surface area contributed by atoms with Gasteiger partial charge in [0.1, 0.15) is 0 Å². The molecule has 0 heterocycles. The lowest BCUT2D eigenvalue weighted by molar-refractivity contribution is -0.130. The lowest BCUT2D eigenvalue weighted by atomic mass is 10.2. The van der Waals surface area contributed by atoms with E-state index in [2.05, 4.69) is 5.92 Å². The van der Waals surface area contributed by atoms with Crippen molar-refractivity contribution in [2.45, 2.75) is 20.3 Å². The highest BCUT2D eigenvalue weighted by molar-refractivity contribution is 5.87. The molecule has 0 aromatic rings. The molecule has 1 N–H and O–H groups in total. The molecule has 0 rings (SSSR count). The van der Waals surface area contributed by atoms with Crippen LogP contribution >= 0.6 is 0 Å². The molecule has 2 nitrogen and oxygen atoms in total. The first-order valence-corrected chi connectivity index (χ1v) is 3.10. The molecule has 0 bridgehead atoms. The first-order valence-electron chi connectivity index (χ1n) is 3.10. The Balaban J connectivity index is 4.15. The van der Waals surface area contributed by atoms with Crippen LogP contribution in [0, 0.1) is 11.8 Å². The van der Waals surface area contributed by atoms with E-state index >= 15 is 0 Å². The summed E-state index contributed by atoms with van der Waals surface area (Å²) in [4.78, 5) is 9.93. The van der Waals surface area contributed by atoms with Gasteiger partial charge in [0, 0.05) is 5.92 Å². The fourth-order valence-corrected chi connectivity index (χ4v) is 0.498. The summed E-state index contributed by atoms with van der Waals surface area (Å²) >= 11 is 0. The Labute approximate surface area is 60.6 Å². The molecule has 0 aromatic heterocycles. The molecular weight excluding hydrogens is 128 g/mol. The second-order valence-electron chi connectivity index (χ2n) is 1.72. The molecule has 0 aliphatic rings. The van der Waals surface area contributed by atoms with Gasteiger partial charge in [-0.05, 0) is 18.9 Å². The summed E-state index contributed by atoms with van der Waals surface area (Å²) in [5.41, 5.74) is 0.863. The summed E-state index contributed by atoms with van der Waals surface area (Å²) in [6, 6.07) is 0. The fourth-order valence-electron chi connectivity index (χ4n) is 0.498. The maximum absolute atomic E-state index is 9.93. The highest BCUT2D eigenvalue weighted by atomic mass is 16.4. The molecule has 0 amide bonds. The van der Waals surface area contributed by atoms with Gasteiger partial charge >= 0.3 is 5.97 Å². The van der Waals surface area contributed by atoms with Gasteiger partial charge in [-0.25, -0.2) is 4.79 Å². The zero-order valence-corrected chi connectivity index (χ0v) is 6.14. The van der Waals surface area contributed by atoms with Crippen LogP contribution in [0.1, 0.15) is 20.3 Å². The number of carboxylic acids is 1. The molecule has 0 aliphatic carbocycles. The lowest BCUT2D eigenvalue weighted by Gasteiger charge is -1.86. The quantitative estimate of drug-likeness (QED) is 0.556. The standard InChI is InChI=1S/C8H10O2/c1-3-7(4-2)5-6-8(9)10/h3H,4H2,1-2H3,(H,9,10). The molecule has 10 heavy (non-hydrogen) atoms. The van der Waals surface area contributed by atoms with Crippen LogP contribution < -0.4 is 0 Å². The third kappa shape index (κ3) is 3.73. The van der Waals surface area contributed by atoms with Crippen LogP contribution in [0.15, 0.2) is 11.6 Å². The van der Waals surface area contributed by atoms with Gasteiger partial charge < -0.3 is 5.11 Å². The molecule has 0 spiro atoms. The molecule has 54 valence electrons. The Hall–Kier alpha value is -1.23. The molecular formula is C8H10O2. The minimum absolute atomic E-state index is 0.788. The summed E-state index contributed by atoms with van der Waals surface area (Å²) in [5.74, 6) is 3.50. The second-order valence-corrected chi connectivity index (χ2v) is 1.72. The van der Waals surface area contributed by atoms with Crippen LogP contribution in [-0.4, -0.2) is 11.1 Å². The number of aliphatic carboxylic acids is 1. The Morgan fingerprint density at radius 3 is 2.50 bits per heavy atom. The van der Waals surface area contributed by atoms with E-state index in [1.807, 2.05) is 25.8 Å². The fraction of sp³-hybridized carbons (Fsp3) is 0.375. The Morgan fingerprint density at radius 1 is 1.60 bits per heavy atom. The van der Waals surface area contributed by atoms with Gasteiger partial charge in [-0.15, -0.1) is 0 Å². The van der Waals surface area contributed by atoms with Crippen molar-refractivity contribution in [2.24, 2.45) is 0 Å². The predicted octanol–water partition coefficient (Wildman–Crippen LogP) is 1.43. The normalized spacial score (nSPS) is 10.0. The van der Waals surface area contributed by atoms with Crippen molar-refractivity contribution in [3.8, 4) is 11.8 Å². The molecule has 0 aromatic carbocycles. The molecule has 0 aliphatic heterocycles. The number of hydrogen-bond donors (Lipinski definition) is 1. The van der Waals surface area contributed by atoms with Crippen molar-refractivity contribution in [1.82, 2.24) is 0 Å². The first kappa shape index (κ1) is 8.77. The molecule has 0 unspecified atom stereocenters. The first-order chi connectivity index (χ1) is 4.70. The minimum atomic E-state index is -1.08.